The zero-order valence-corrected chi connectivity index (χ0v) is 8.19. The number of imidazole rings is 1. The van der Waals surface area contributed by atoms with Crippen LogP contribution >= 0.6 is 0 Å². The van der Waals surface area contributed by atoms with Crippen molar-refractivity contribution in [1.82, 2.24) is 9.55 Å². The molecule has 6 nitrogen and oxygen atoms in total. The van der Waals surface area contributed by atoms with Gasteiger partial charge in [-0.15, -0.1) is 0 Å². The van der Waals surface area contributed by atoms with E-state index in [1.165, 1.54) is 17.1 Å². The van der Waals surface area contributed by atoms with Crippen molar-refractivity contribution in [3.8, 4) is 0 Å². The minimum Gasteiger partial charge on any atom is -0.272 e. The summed E-state index contributed by atoms with van der Waals surface area (Å²) in [5.74, 6) is -0.176. The molecule has 1 heterocycles. The second kappa shape index (κ2) is 4.29. The molecular formula is C10H7N5O. The molecule has 2 aromatic rings. The van der Waals surface area contributed by atoms with Gasteiger partial charge in [0.25, 0.3) is 5.91 Å². The number of benzene rings is 1. The van der Waals surface area contributed by atoms with Crippen LogP contribution in [0, 0.1) is 0 Å². The number of hydrogen-bond donors (Lipinski definition) is 0. The largest absolute Gasteiger partial charge is 0.272 e. The van der Waals surface area contributed by atoms with E-state index >= 15 is 0 Å². The van der Waals surface area contributed by atoms with Crippen LogP contribution in [0.3, 0.4) is 0 Å². The summed E-state index contributed by atoms with van der Waals surface area (Å²) in [7, 11) is 0. The summed E-state index contributed by atoms with van der Waals surface area (Å²) in [6, 6.07) is 6.38. The Hall–Kier alpha value is -2.59. The van der Waals surface area contributed by atoms with E-state index in [1.807, 2.05) is 0 Å². The van der Waals surface area contributed by atoms with Crippen molar-refractivity contribution in [3.63, 3.8) is 0 Å². The molecule has 0 radical (unpaired) electrons. The second-order valence-electron chi connectivity index (χ2n) is 3.01. The fourth-order valence-corrected chi connectivity index (χ4v) is 1.25. The Morgan fingerprint density at radius 3 is 2.69 bits per heavy atom. The third-order valence-corrected chi connectivity index (χ3v) is 2.01. The van der Waals surface area contributed by atoms with Gasteiger partial charge in [-0.25, -0.2) is 4.98 Å². The normalized spacial score (nSPS) is 9.50. The van der Waals surface area contributed by atoms with Gasteiger partial charge in [0, 0.05) is 28.6 Å². The predicted molar refractivity (Wildman–Crippen MR) is 57.2 cm³/mol. The van der Waals surface area contributed by atoms with Crippen LogP contribution in [0.15, 0.2) is 48.1 Å². The maximum atomic E-state index is 11.8. The Bertz CT molecular complexity index is 537. The van der Waals surface area contributed by atoms with Crippen molar-refractivity contribution in [3.05, 3.63) is 59.0 Å². The highest BCUT2D eigenvalue weighted by atomic mass is 16.2. The minimum atomic E-state index is -0.176. The maximum absolute atomic E-state index is 11.8. The molecule has 6 heteroatoms. The summed E-state index contributed by atoms with van der Waals surface area (Å²) >= 11 is 0. The first-order chi connectivity index (χ1) is 7.81. The topological polar surface area (TPSA) is 83.7 Å². The summed E-state index contributed by atoms with van der Waals surface area (Å²) < 4.78 is 1.38. The van der Waals surface area contributed by atoms with Gasteiger partial charge in [-0.1, -0.05) is 17.2 Å². The first-order valence-corrected chi connectivity index (χ1v) is 4.49. The number of aromatic nitrogens is 2. The maximum Gasteiger partial charge on any atom is 0.263 e. The lowest BCUT2D eigenvalue weighted by Crippen LogP contribution is -2.09. The lowest BCUT2D eigenvalue weighted by atomic mass is 10.2. The van der Waals surface area contributed by atoms with E-state index in [9.17, 15) is 4.79 Å². The molecule has 1 aromatic heterocycles. The third-order valence-electron chi connectivity index (χ3n) is 2.01. The molecule has 0 spiro atoms. The number of carbonyl (C=O) groups is 1. The second-order valence-corrected chi connectivity index (χ2v) is 3.01. The van der Waals surface area contributed by atoms with Gasteiger partial charge in [0.15, 0.2) is 0 Å². The van der Waals surface area contributed by atoms with Crippen LogP contribution in [-0.4, -0.2) is 15.5 Å². The molecule has 0 aliphatic heterocycles. The highest BCUT2D eigenvalue weighted by Crippen LogP contribution is 2.13. The van der Waals surface area contributed by atoms with E-state index in [0.717, 1.165) is 0 Å². The molecule has 0 aliphatic rings. The van der Waals surface area contributed by atoms with Crippen molar-refractivity contribution >= 4 is 11.6 Å². The third kappa shape index (κ3) is 1.92. The fraction of sp³-hybridized carbons (Fsp3) is 0. The van der Waals surface area contributed by atoms with Gasteiger partial charge >= 0.3 is 0 Å². The molecule has 0 saturated carbocycles. The quantitative estimate of drug-likeness (QED) is 0.436. The molecular weight excluding hydrogens is 206 g/mol. The number of rotatable bonds is 2. The molecule has 2 rings (SSSR count). The molecule has 0 N–H and O–H groups in total. The smallest absolute Gasteiger partial charge is 0.263 e. The molecule has 0 bridgehead atoms. The molecule has 0 amide bonds. The molecule has 0 fully saturated rings. The van der Waals surface area contributed by atoms with Gasteiger partial charge in [0.1, 0.15) is 6.33 Å². The average Bonchev–Trinajstić information content (AvgIpc) is 2.83. The summed E-state index contributed by atoms with van der Waals surface area (Å²) in [5.41, 5.74) is 9.21. The molecule has 0 aliphatic carbocycles. The summed E-state index contributed by atoms with van der Waals surface area (Å²) in [6.45, 7) is 0. The highest BCUT2D eigenvalue weighted by Gasteiger charge is 2.06. The van der Waals surface area contributed by atoms with Gasteiger partial charge in [0.2, 0.25) is 0 Å². The lowest BCUT2D eigenvalue weighted by molar-refractivity contribution is 0.0960. The van der Waals surface area contributed by atoms with Gasteiger partial charge < -0.3 is 0 Å². The van der Waals surface area contributed by atoms with Crippen molar-refractivity contribution in [1.29, 1.82) is 0 Å². The van der Waals surface area contributed by atoms with Crippen LogP contribution in [0.4, 0.5) is 5.69 Å². The van der Waals surface area contributed by atoms with E-state index in [-0.39, 0.29) is 5.91 Å². The molecule has 0 saturated heterocycles. The summed E-state index contributed by atoms with van der Waals surface area (Å²) in [4.78, 5) is 18.2. The van der Waals surface area contributed by atoms with Crippen LogP contribution in [-0.2, 0) is 0 Å². The standard InChI is InChI=1S/C10H7N5O/c11-14-13-9-3-1-8(2-4-9)10(16)15-6-5-12-7-15/h1-7H. The Labute approximate surface area is 90.8 Å². The molecule has 16 heavy (non-hydrogen) atoms. The van der Waals surface area contributed by atoms with Crippen LogP contribution in [0.2, 0.25) is 0 Å². The highest BCUT2D eigenvalue weighted by molar-refractivity contribution is 5.96. The number of carbonyl (C=O) groups excluding carboxylic acids is 1. The van der Waals surface area contributed by atoms with Crippen LogP contribution < -0.4 is 0 Å². The number of hydrogen-bond acceptors (Lipinski definition) is 3. The zero-order valence-electron chi connectivity index (χ0n) is 8.19. The average molecular weight is 213 g/mol. The van der Waals surface area contributed by atoms with Crippen LogP contribution in [0.25, 0.3) is 10.4 Å². The zero-order chi connectivity index (χ0) is 11.4. The van der Waals surface area contributed by atoms with Crippen molar-refractivity contribution < 1.29 is 4.79 Å². The Morgan fingerprint density at radius 2 is 2.12 bits per heavy atom. The first-order valence-electron chi connectivity index (χ1n) is 4.49. The van der Waals surface area contributed by atoms with E-state index in [2.05, 4.69) is 15.0 Å². The predicted octanol–water partition coefficient (Wildman–Crippen LogP) is 2.51. The van der Waals surface area contributed by atoms with Crippen LogP contribution in [0.5, 0.6) is 0 Å². The summed E-state index contributed by atoms with van der Waals surface area (Å²) in [5, 5.41) is 3.42. The van der Waals surface area contributed by atoms with E-state index in [0.29, 0.717) is 11.3 Å². The Kier molecular flexibility index (Phi) is 2.67. The van der Waals surface area contributed by atoms with Gasteiger partial charge in [-0.2, -0.15) is 0 Å². The monoisotopic (exact) mass is 213 g/mol. The van der Waals surface area contributed by atoms with E-state index in [4.69, 9.17) is 5.53 Å². The Balaban J connectivity index is 2.28. The van der Waals surface area contributed by atoms with Crippen molar-refractivity contribution in [2.45, 2.75) is 0 Å². The fourth-order valence-electron chi connectivity index (χ4n) is 1.25. The Morgan fingerprint density at radius 1 is 1.38 bits per heavy atom. The molecule has 78 valence electrons. The van der Waals surface area contributed by atoms with Crippen LogP contribution in [0.1, 0.15) is 10.4 Å². The van der Waals surface area contributed by atoms with Crippen molar-refractivity contribution in [2.75, 3.05) is 0 Å². The SMILES string of the molecule is [N-]=[N+]=Nc1ccc(C(=O)n2ccnc2)cc1. The molecule has 0 unspecified atom stereocenters. The minimum absolute atomic E-state index is 0.176. The lowest BCUT2D eigenvalue weighted by Gasteiger charge is -2.00. The van der Waals surface area contributed by atoms with Gasteiger partial charge in [-0.05, 0) is 17.7 Å². The molecule has 1 aromatic carbocycles. The number of azide groups is 1. The van der Waals surface area contributed by atoms with Gasteiger partial charge in [-0.3, -0.25) is 9.36 Å². The first kappa shape index (κ1) is 9.95. The molecule has 0 atom stereocenters. The van der Waals surface area contributed by atoms with Crippen molar-refractivity contribution in [2.24, 2.45) is 5.11 Å². The van der Waals surface area contributed by atoms with E-state index in [1.54, 1.807) is 30.5 Å². The van der Waals surface area contributed by atoms with E-state index < -0.39 is 0 Å². The van der Waals surface area contributed by atoms with Gasteiger partial charge in [0.05, 0.1) is 0 Å². The number of nitrogens with zero attached hydrogens (tertiary/aromatic N) is 5. The summed E-state index contributed by atoms with van der Waals surface area (Å²) in [6.07, 6.45) is 4.54.